The Kier molecular flexibility index (Phi) is 2.41. The lowest BCUT2D eigenvalue weighted by atomic mass is 10.0. The number of nitrogens with one attached hydrogen (secondary N) is 1. The van der Waals surface area contributed by atoms with Crippen LogP contribution in [-0.2, 0) is 6.42 Å². The maximum Gasteiger partial charge on any atom is 0.150 e. The van der Waals surface area contributed by atoms with Crippen molar-refractivity contribution in [2.24, 2.45) is 0 Å². The van der Waals surface area contributed by atoms with Crippen molar-refractivity contribution < 1.29 is 4.79 Å². The molecule has 3 rings (SSSR count). The molecule has 2 aromatic carbocycles. The Bertz CT molecular complexity index is 575. The highest BCUT2D eigenvalue weighted by atomic mass is 16.1. The molecule has 0 saturated heterocycles. The van der Waals surface area contributed by atoms with Crippen LogP contribution in [0.2, 0.25) is 0 Å². The van der Waals surface area contributed by atoms with Crippen LogP contribution in [0.25, 0.3) is 11.1 Å². The number of hydrogen-bond donors (Lipinski definition) is 1. The van der Waals surface area contributed by atoms with Gasteiger partial charge in [0.15, 0.2) is 0 Å². The zero-order valence-electron chi connectivity index (χ0n) is 9.44. The van der Waals surface area contributed by atoms with Crippen LogP contribution in [0.1, 0.15) is 15.9 Å². The van der Waals surface area contributed by atoms with E-state index < -0.39 is 0 Å². The van der Waals surface area contributed by atoms with Crippen LogP contribution >= 0.6 is 0 Å². The van der Waals surface area contributed by atoms with Gasteiger partial charge < -0.3 is 5.32 Å². The third kappa shape index (κ3) is 1.82. The molecule has 0 saturated carbocycles. The van der Waals surface area contributed by atoms with E-state index in [0.29, 0.717) is 0 Å². The van der Waals surface area contributed by atoms with Gasteiger partial charge in [-0.3, -0.25) is 4.79 Å². The Morgan fingerprint density at radius 2 is 1.94 bits per heavy atom. The number of fused-ring (bicyclic) bond motifs is 1. The summed E-state index contributed by atoms with van der Waals surface area (Å²) in [5, 5.41) is 3.35. The standard InChI is InChI=1S/C15H13NO/c17-10-11-2-1-3-12(8-11)13-4-5-15-14(9-13)6-7-16-15/h1-5,8-10,16H,6-7H2. The van der Waals surface area contributed by atoms with Gasteiger partial charge in [0.25, 0.3) is 0 Å². The van der Waals surface area contributed by atoms with Gasteiger partial charge in [-0.2, -0.15) is 0 Å². The van der Waals surface area contributed by atoms with Crippen molar-refractivity contribution in [3.63, 3.8) is 0 Å². The first-order valence-electron chi connectivity index (χ1n) is 5.79. The number of anilines is 1. The molecule has 1 N–H and O–H groups in total. The van der Waals surface area contributed by atoms with E-state index in [1.807, 2.05) is 24.3 Å². The van der Waals surface area contributed by atoms with Gasteiger partial charge in [-0.15, -0.1) is 0 Å². The first-order valence-corrected chi connectivity index (χ1v) is 5.79. The first-order chi connectivity index (χ1) is 8.36. The van der Waals surface area contributed by atoms with E-state index in [4.69, 9.17) is 0 Å². The summed E-state index contributed by atoms with van der Waals surface area (Å²) in [5.74, 6) is 0. The molecule has 0 spiro atoms. The minimum atomic E-state index is 0.723. The summed E-state index contributed by atoms with van der Waals surface area (Å²) < 4.78 is 0. The largest absolute Gasteiger partial charge is 0.384 e. The van der Waals surface area contributed by atoms with Gasteiger partial charge >= 0.3 is 0 Å². The maximum atomic E-state index is 10.8. The lowest BCUT2D eigenvalue weighted by Gasteiger charge is -2.05. The molecule has 0 aliphatic carbocycles. The normalized spacial score (nSPS) is 12.9. The average molecular weight is 223 g/mol. The zero-order chi connectivity index (χ0) is 11.7. The molecule has 0 fully saturated rings. The molecule has 1 aliphatic rings. The van der Waals surface area contributed by atoms with E-state index in [1.165, 1.54) is 16.8 Å². The SMILES string of the molecule is O=Cc1cccc(-c2ccc3c(c2)CCN3)c1. The van der Waals surface area contributed by atoms with Crippen molar-refractivity contribution in [1.82, 2.24) is 0 Å². The van der Waals surface area contributed by atoms with E-state index in [0.717, 1.165) is 30.4 Å². The molecule has 1 heterocycles. The van der Waals surface area contributed by atoms with E-state index in [-0.39, 0.29) is 0 Å². The fourth-order valence-corrected chi connectivity index (χ4v) is 2.28. The zero-order valence-corrected chi connectivity index (χ0v) is 9.44. The van der Waals surface area contributed by atoms with Crippen molar-refractivity contribution in [2.75, 3.05) is 11.9 Å². The molecular weight excluding hydrogens is 210 g/mol. The molecular formula is C15H13NO. The Hall–Kier alpha value is -2.09. The summed E-state index contributed by atoms with van der Waals surface area (Å²) in [5.41, 5.74) is 5.60. The molecule has 2 nitrogen and oxygen atoms in total. The highest BCUT2D eigenvalue weighted by Crippen LogP contribution is 2.28. The number of hydrogen-bond acceptors (Lipinski definition) is 2. The first kappa shape index (κ1) is 10.1. The van der Waals surface area contributed by atoms with Crippen LogP contribution in [0.15, 0.2) is 42.5 Å². The second-order valence-electron chi connectivity index (χ2n) is 4.29. The Labute approximate surface area is 100 Å². The van der Waals surface area contributed by atoms with Crippen molar-refractivity contribution in [3.8, 4) is 11.1 Å². The van der Waals surface area contributed by atoms with Crippen molar-refractivity contribution in [2.45, 2.75) is 6.42 Å². The second kappa shape index (κ2) is 4.06. The third-order valence-electron chi connectivity index (χ3n) is 3.17. The van der Waals surface area contributed by atoms with Crippen LogP contribution in [-0.4, -0.2) is 12.8 Å². The minimum absolute atomic E-state index is 0.723. The maximum absolute atomic E-state index is 10.8. The van der Waals surface area contributed by atoms with Crippen LogP contribution in [0.4, 0.5) is 5.69 Å². The second-order valence-corrected chi connectivity index (χ2v) is 4.29. The third-order valence-corrected chi connectivity index (χ3v) is 3.17. The van der Waals surface area contributed by atoms with E-state index in [2.05, 4.69) is 23.5 Å². The lowest BCUT2D eigenvalue weighted by molar-refractivity contribution is 0.112. The average Bonchev–Trinajstić information content (AvgIpc) is 2.86. The predicted octanol–water partition coefficient (Wildman–Crippen LogP) is 3.13. The number of aldehydes is 1. The highest BCUT2D eigenvalue weighted by Gasteiger charge is 2.10. The quantitative estimate of drug-likeness (QED) is 0.792. The van der Waals surface area contributed by atoms with Crippen molar-refractivity contribution in [3.05, 3.63) is 53.6 Å². The summed E-state index contributed by atoms with van der Waals surface area (Å²) in [4.78, 5) is 10.8. The Morgan fingerprint density at radius 1 is 1.06 bits per heavy atom. The molecule has 0 aromatic heterocycles. The van der Waals surface area contributed by atoms with E-state index in [1.54, 1.807) is 0 Å². The molecule has 2 heteroatoms. The van der Waals surface area contributed by atoms with Crippen molar-refractivity contribution >= 4 is 12.0 Å². The van der Waals surface area contributed by atoms with Crippen LogP contribution in [0.3, 0.4) is 0 Å². The fraction of sp³-hybridized carbons (Fsp3) is 0.133. The molecule has 0 unspecified atom stereocenters. The van der Waals surface area contributed by atoms with Crippen LogP contribution in [0.5, 0.6) is 0 Å². The monoisotopic (exact) mass is 223 g/mol. The van der Waals surface area contributed by atoms with Crippen molar-refractivity contribution in [1.29, 1.82) is 0 Å². The molecule has 0 amide bonds. The molecule has 1 aliphatic heterocycles. The van der Waals surface area contributed by atoms with Crippen LogP contribution in [0, 0.1) is 0 Å². The molecule has 0 bridgehead atoms. The van der Waals surface area contributed by atoms with Gasteiger partial charge in [0.2, 0.25) is 0 Å². The lowest BCUT2D eigenvalue weighted by Crippen LogP contribution is -1.90. The topological polar surface area (TPSA) is 29.1 Å². The molecule has 17 heavy (non-hydrogen) atoms. The number of carbonyl (C=O) groups is 1. The van der Waals surface area contributed by atoms with Gasteiger partial charge in [-0.05, 0) is 41.3 Å². The highest BCUT2D eigenvalue weighted by molar-refractivity contribution is 5.79. The van der Waals surface area contributed by atoms with E-state index in [9.17, 15) is 4.79 Å². The molecule has 0 atom stereocenters. The minimum Gasteiger partial charge on any atom is -0.384 e. The summed E-state index contributed by atoms with van der Waals surface area (Å²) in [6.07, 6.45) is 1.97. The fourth-order valence-electron chi connectivity index (χ4n) is 2.28. The summed E-state index contributed by atoms with van der Waals surface area (Å²) in [6.45, 7) is 1.02. The van der Waals surface area contributed by atoms with Gasteiger partial charge in [0.05, 0.1) is 0 Å². The molecule has 0 radical (unpaired) electrons. The Morgan fingerprint density at radius 3 is 2.82 bits per heavy atom. The summed E-state index contributed by atoms with van der Waals surface area (Å²) in [6, 6.07) is 14.1. The van der Waals surface area contributed by atoms with Gasteiger partial charge in [0, 0.05) is 17.8 Å². The smallest absolute Gasteiger partial charge is 0.150 e. The predicted molar refractivity (Wildman–Crippen MR) is 69.5 cm³/mol. The van der Waals surface area contributed by atoms with Gasteiger partial charge in [-0.1, -0.05) is 24.3 Å². The molecule has 84 valence electrons. The van der Waals surface area contributed by atoms with E-state index >= 15 is 0 Å². The molecule has 2 aromatic rings. The number of rotatable bonds is 2. The number of benzene rings is 2. The number of carbonyl (C=O) groups excluding carboxylic acids is 1. The van der Waals surface area contributed by atoms with Gasteiger partial charge in [0.1, 0.15) is 6.29 Å². The summed E-state index contributed by atoms with van der Waals surface area (Å²) in [7, 11) is 0. The van der Waals surface area contributed by atoms with Crippen LogP contribution < -0.4 is 5.32 Å². The van der Waals surface area contributed by atoms with Gasteiger partial charge in [-0.25, -0.2) is 0 Å². The Balaban J connectivity index is 2.06. The summed E-state index contributed by atoms with van der Waals surface area (Å²) >= 11 is 0.